The molecule has 0 fully saturated rings. The second kappa shape index (κ2) is 8.36. The van der Waals surface area contributed by atoms with Crippen LogP contribution in [0.5, 0.6) is 0 Å². The van der Waals surface area contributed by atoms with E-state index in [-0.39, 0.29) is 12.4 Å². The van der Waals surface area contributed by atoms with Crippen molar-refractivity contribution in [3.05, 3.63) is 93.9 Å². The van der Waals surface area contributed by atoms with Crippen molar-refractivity contribution in [2.24, 2.45) is 0 Å². The predicted octanol–water partition coefficient (Wildman–Crippen LogP) is 5.68. The van der Waals surface area contributed by atoms with Gasteiger partial charge in [-0.15, -0.1) is 0 Å². The Morgan fingerprint density at radius 2 is 1.77 bits per heavy atom. The van der Waals surface area contributed by atoms with Gasteiger partial charge in [0.05, 0.1) is 29.1 Å². The average Bonchev–Trinajstić information content (AvgIpc) is 3.13. The Balaban J connectivity index is 1.89. The Hall–Kier alpha value is -3.44. The van der Waals surface area contributed by atoms with E-state index < -0.39 is 5.97 Å². The summed E-state index contributed by atoms with van der Waals surface area (Å²) in [4.78, 5) is 30.4. The van der Waals surface area contributed by atoms with Gasteiger partial charge in [0, 0.05) is 16.1 Å². The zero-order valence-electron chi connectivity index (χ0n) is 17.5. The van der Waals surface area contributed by atoms with E-state index in [1.165, 1.54) is 0 Å². The van der Waals surface area contributed by atoms with Gasteiger partial charge in [0.1, 0.15) is 6.33 Å². The van der Waals surface area contributed by atoms with Crippen LogP contribution in [-0.4, -0.2) is 27.7 Å². The number of ketones is 1. The number of aromatic nitrogens is 2. The van der Waals surface area contributed by atoms with Crippen molar-refractivity contribution < 1.29 is 14.3 Å². The highest BCUT2D eigenvalue weighted by Gasteiger charge is 2.22. The van der Waals surface area contributed by atoms with Gasteiger partial charge >= 0.3 is 5.97 Å². The number of benzene rings is 2. The van der Waals surface area contributed by atoms with Crippen LogP contribution in [0.15, 0.2) is 60.9 Å². The number of rotatable bonds is 5. The number of esters is 1. The molecule has 0 aliphatic heterocycles. The minimum absolute atomic E-state index is 0.233. The minimum Gasteiger partial charge on any atom is -0.462 e. The number of halogens is 1. The van der Waals surface area contributed by atoms with E-state index >= 15 is 0 Å². The molecule has 0 N–H and O–H groups in total. The number of carbonyl (C=O) groups is 2. The van der Waals surface area contributed by atoms with Crippen molar-refractivity contribution in [3.63, 3.8) is 0 Å². The lowest BCUT2D eigenvalue weighted by atomic mass is 10.0. The van der Waals surface area contributed by atoms with Crippen molar-refractivity contribution in [3.8, 4) is 11.3 Å². The van der Waals surface area contributed by atoms with Crippen LogP contribution in [0.25, 0.3) is 16.8 Å². The average molecular weight is 433 g/mol. The molecule has 4 aromatic rings. The second-order valence-electron chi connectivity index (χ2n) is 7.35. The van der Waals surface area contributed by atoms with E-state index in [2.05, 4.69) is 11.1 Å². The molecule has 0 saturated heterocycles. The molecule has 2 heterocycles. The third-order valence-corrected chi connectivity index (χ3v) is 5.41. The van der Waals surface area contributed by atoms with E-state index in [0.29, 0.717) is 27.4 Å². The molecule has 0 atom stereocenters. The summed E-state index contributed by atoms with van der Waals surface area (Å²) >= 11 is 5.95. The van der Waals surface area contributed by atoms with E-state index in [1.807, 2.05) is 32.0 Å². The van der Waals surface area contributed by atoms with Crippen LogP contribution in [0.1, 0.15) is 44.5 Å². The number of hydrogen-bond donors (Lipinski definition) is 0. The van der Waals surface area contributed by atoms with Crippen molar-refractivity contribution in [2.75, 3.05) is 6.61 Å². The highest BCUT2D eigenvalue weighted by molar-refractivity contribution is 6.30. The normalized spacial score (nSPS) is 11.0. The summed E-state index contributed by atoms with van der Waals surface area (Å²) in [5, 5.41) is 0.545. The maximum absolute atomic E-state index is 13.2. The molecule has 5 nitrogen and oxygen atoms in total. The van der Waals surface area contributed by atoms with E-state index in [0.717, 1.165) is 22.4 Å². The van der Waals surface area contributed by atoms with E-state index in [1.54, 1.807) is 48.0 Å². The third kappa shape index (κ3) is 3.97. The minimum atomic E-state index is -0.479. The fourth-order valence-corrected chi connectivity index (χ4v) is 3.77. The van der Waals surface area contributed by atoms with Crippen LogP contribution >= 0.6 is 11.6 Å². The molecule has 0 amide bonds. The molecule has 0 bridgehead atoms. The lowest BCUT2D eigenvalue weighted by molar-refractivity contribution is 0.0529. The lowest BCUT2D eigenvalue weighted by Crippen LogP contribution is -2.05. The summed E-state index contributed by atoms with van der Waals surface area (Å²) in [5.41, 5.74) is 5.63. The molecular weight excluding hydrogens is 412 g/mol. The van der Waals surface area contributed by atoms with Gasteiger partial charge in [0.25, 0.3) is 0 Å². The molecule has 4 rings (SSSR count). The Bertz CT molecular complexity index is 1310. The van der Waals surface area contributed by atoms with Crippen LogP contribution in [0.4, 0.5) is 0 Å². The van der Waals surface area contributed by atoms with Gasteiger partial charge in [-0.1, -0.05) is 35.4 Å². The maximum Gasteiger partial charge on any atom is 0.340 e. The van der Waals surface area contributed by atoms with Crippen molar-refractivity contribution in [2.45, 2.75) is 20.8 Å². The number of nitrogens with zero attached hydrogens (tertiary/aromatic N) is 2. The lowest BCUT2D eigenvalue weighted by Gasteiger charge is -2.09. The molecule has 2 aromatic carbocycles. The standard InChI is InChI=1S/C25H21ClN2O3/c1-4-31-25(30)20-12-23(24(29)17-6-8-18(26)9-7-17)28-14-27-21(13-22(20)28)19-10-5-15(2)11-16(19)3/h5-14H,4H2,1-3H3. The number of fused-ring (bicyclic) bond motifs is 1. The number of ether oxygens (including phenoxy) is 1. The first kappa shape index (κ1) is 20.8. The number of hydrogen-bond acceptors (Lipinski definition) is 4. The summed E-state index contributed by atoms with van der Waals surface area (Å²) in [7, 11) is 0. The Labute approximate surface area is 185 Å². The first-order valence-corrected chi connectivity index (χ1v) is 10.3. The van der Waals surface area contributed by atoms with Crippen LogP contribution < -0.4 is 0 Å². The summed E-state index contributed by atoms with van der Waals surface area (Å²) in [6.45, 7) is 6.05. The van der Waals surface area contributed by atoms with Crippen LogP contribution in [0.2, 0.25) is 5.02 Å². The summed E-state index contributed by atoms with van der Waals surface area (Å²) in [5.74, 6) is -0.712. The van der Waals surface area contributed by atoms with Gasteiger partial charge in [0.15, 0.2) is 0 Å². The van der Waals surface area contributed by atoms with Gasteiger partial charge in [0.2, 0.25) is 5.78 Å². The van der Waals surface area contributed by atoms with Gasteiger partial charge in [-0.2, -0.15) is 0 Å². The monoisotopic (exact) mass is 432 g/mol. The fourth-order valence-electron chi connectivity index (χ4n) is 3.64. The van der Waals surface area contributed by atoms with Crippen LogP contribution in [-0.2, 0) is 4.74 Å². The molecule has 31 heavy (non-hydrogen) atoms. The van der Waals surface area contributed by atoms with Crippen LogP contribution in [0.3, 0.4) is 0 Å². The molecule has 0 spiro atoms. The quantitative estimate of drug-likeness (QED) is 0.300. The zero-order chi connectivity index (χ0) is 22.1. The summed E-state index contributed by atoms with van der Waals surface area (Å²) < 4.78 is 6.87. The molecule has 0 aliphatic rings. The zero-order valence-corrected chi connectivity index (χ0v) is 18.2. The van der Waals surface area contributed by atoms with Crippen molar-refractivity contribution >= 4 is 28.9 Å². The molecule has 156 valence electrons. The van der Waals surface area contributed by atoms with E-state index in [4.69, 9.17) is 16.3 Å². The third-order valence-electron chi connectivity index (χ3n) is 5.15. The van der Waals surface area contributed by atoms with Gasteiger partial charge in [-0.25, -0.2) is 9.78 Å². The highest BCUT2D eigenvalue weighted by atomic mass is 35.5. The highest BCUT2D eigenvalue weighted by Crippen LogP contribution is 2.27. The number of aryl methyl sites for hydroxylation is 2. The number of carbonyl (C=O) groups excluding carboxylic acids is 2. The van der Waals surface area contributed by atoms with E-state index in [9.17, 15) is 9.59 Å². The Kier molecular flexibility index (Phi) is 5.61. The molecule has 0 unspecified atom stereocenters. The van der Waals surface area contributed by atoms with Gasteiger partial charge in [-0.05, 0) is 62.7 Å². The van der Waals surface area contributed by atoms with Crippen molar-refractivity contribution in [1.82, 2.24) is 9.38 Å². The molecule has 0 saturated carbocycles. The first-order valence-electron chi connectivity index (χ1n) is 9.95. The fraction of sp³-hybridized carbons (Fsp3) is 0.160. The summed E-state index contributed by atoms with van der Waals surface area (Å²) in [6.07, 6.45) is 1.58. The van der Waals surface area contributed by atoms with Gasteiger partial charge < -0.3 is 4.74 Å². The Morgan fingerprint density at radius 3 is 2.45 bits per heavy atom. The Morgan fingerprint density at radius 1 is 1.03 bits per heavy atom. The smallest absolute Gasteiger partial charge is 0.340 e. The summed E-state index contributed by atoms with van der Waals surface area (Å²) in [6, 6.07) is 16.1. The van der Waals surface area contributed by atoms with Gasteiger partial charge in [-0.3, -0.25) is 9.20 Å². The first-order chi connectivity index (χ1) is 14.9. The molecule has 0 aliphatic carbocycles. The largest absolute Gasteiger partial charge is 0.462 e. The van der Waals surface area contributed by atoms with Crippen molar-refractivity contribution in [1.29, 1.82) is 0 Å². The molecular formula is C25H21ClN2O3. The molecule has 0 radical (unpaired) electrons. The molecule has 2 aromatic heterocycles. The maximum atomic E-state index is 13.2. The van der Waals surface area contributed by atoms with Crippen LogP contribution in [0, 0.1) is 13.8 Å². The molecule has 6 heteroatoms. The SMILES string of the molecule is CCOC(=O)c1cc(C(=O)c2ccc(Cl)cc2)n2cnc(-c3ccc(C)cc3C)cc12. The second-order valence-corrected chi connectivity index (χ2v) is 7.78. The topological polar surface area (TPSA) is 60.7 Å². The predicted molar refractivity (Wildman–Crippen MR) is 121 cm³/mol.